The van der Waals surface area contributed by atoms with Crippen LogP contribution in [0.4, 0.5) is 0 Å². The van der Waals surface area contributed by atoms with Gasteiger partial charge in [-0.3, -0.25) is 14.5 Å². The molecule has 2 heterocycles. The van der Waals surface area contributed by atoms with E-state index in [9.17, 15) is 9.59 Å². The molecule has 0 spiro atoms. The van der Waals surface area contributed by atoms with Crippen LogP contribution in [0, 0.1) is 13.8 Å². The van der Waals surface area contributed by atoms with Gasteiger partial charge in [0.15, 0.2) is 0 Å². The molecular weight excluding hydrogens is 360 g/mol. The fraction of sp³-hybridized carbons (Fsp3) is 0.360. The van der Waals surface area contributed by atoms with Crippen molar-refractivity contribution in [3.63, 3.8) is 0 Å². The van der Waals surface area contributed by atoms with Gasteiger partial charge in [0.2, 0.25) is 0 Å². The van der Waals surface area contributed by atoms with Gasteiger partial charge in [0.1, 0.15) is 5.70 Å². The maximum Gasteiger partial charge on any atom is 0.277 e. The second kappa shape index (κ2) is 8.24. The average molecular weight is 389 g/mol. The van der Waals surface area contributed by atoms with Crippen molar-refractivity contribution in [2.45, 2.75) is 39.5 Å². The summed E-state index contributed by atoms with van der Waals surface area (Å²) in [5.41, 5.74) is 5.41. The summed E-state index contributed by atoms with van der Waals surface area (Å²) in [7, 11) is 0. The van der Waals surface area contributed by atoms with Crippen LogP contribution in [0.1, 0.15) is 41.5 Å². The van der Waals surface area contributed by atoms with E-state index in [-0.39, 0.29) is 11.8 Å². The number of nitrogens with zero attached hydrogens (tertiary/aromatic N) is 2. The van der Waals surface area contributed by atoms with Gasteiger partial charge in [-0.2, -0.15) is 0 Å². The second-order valence-electron chi connectivity index (χ2n) is 8.09. The topological polar surface area (TPSA) is 40.6 Å². The zero-order valence-corrected chi connectivity index (χ0v) is 17.3. The molecule has 0 atom stereocenters. The number of rotatable bonds is 5. The van der Waals surface area contributed by atoms with Gasteiger partial charge in [-0.05, 0) is 56.2 Å². The van der Waals surface area contributed by atoms with Crippen molar-refractivity contribution >= 4 is 17.4 Å². The third kappa shape index (κ3) is 3.84. The Bertz CT molecular complexity index is 956. The smallest absolute Gasteiger partial charge is 0.277 e. The molecular formula is C25H28N2O2. The van der Waals surface area contributed by atoms with E-state index in [1.807, 2.05) is 56.3 Å². The SMILES string of the molecule is Cc1ccc(C2=C(N3CCCCC3)C(=O)N(CCc3ccccc3)C2=O)c(C)c1. The normalized spacial score (nSPS) is 17.4. The first-order valence-electron chi connectivity index (χ1n) is 10.5. The summed E-state index contributed by atoms with van der Waals surface area (Å²) in [6.07, 6.45) is 3.98. The molecule has 0 aromatic heterocycles. The largest absolute Gasteiger partial charge is 0.366 e. The summed E-state index contributed by atoms with van der Waals surface area (Å²) in [5.74, 6) is -0.290. The van der Waals surface area contributed by atoms with E-state index in [0.717, 1.165) is 48.2 Å². The molecule has 4 rings (SSSR count). The lowest BCUT2D eigenvalue weighted by Crippen LogP contribution is -2.38. The van der Waals surface area contributed by atoms with Crippen LogP contribution in [0.2, 0.25) is 0 Å². The molecule has 29 heavy (non-hydrogen) atoms. The Morgan fingerprint density at radius 3 is 2.28 bits per heavy atom. The Morgan fingerprint density at radius 1 is 0.862 bits per heavy atom. The quantitative estimate of drug-likeness (QED) is 0.724. The molecule has 0 aliphatic carbocycles. The molecule has 0 saturated carbocycles. The van der Waals surface area contributed by atoms with E-state index in [1.165, 1.54) is 11.3 Å². The number of piperidine rings is 1. The van der Waals surface area contributed by atoms with Crippen LogP contribution in [0.15, 0.2) is 54.2 Å². The summed E-state index contributed by atoms with van der Waals surface area (Å²) in [6, 6.07) is 16.1. The molecule has 4 heteroatoms. The Balaban J connectivity index is 1.69. The van der Waals surface area contributed by atoms with E-state index in [2.05, 4.69) is 11.0 Å². The number of hydrogen-bond donors (Lipinski definition) is 0. The summed E-state index contributed by atoms with van der Waals surface area (Å²) < 4.78 is 0. The van der Waals surface area contributed by atoms with Crippen molar-refractivity contribution in [3.05, 3.63) is 76.5 Å². The van der Waals surface area contributed by atoms with Crippen LogP contribution in [-0.2, 0) is 16.0 Å². The molecule has 0 bridgehead atoms. The molecule has 150 valence electrons. The minimum Gasteiger partial charge on any atom is -0.366 e. The van der Waals surface area contributed by atoms with Crippen LogP contribution < -0.4 is 0 Å². The molecule has 0 unspecified atom stereocenters. The lowest BCUT2D eigenvalue weighted by molar-refractivity contribution is -0.137. The second-order valence-corrected chi connectivity index (χ2v) is 8.09. The summed E-state index contributed by atoms with van der Waals surface area (Å²) >= 11 is 0. The van der Waals surface area contributed by atoms with Crippen molar-refractivity contribution in [2.75, 3.05) is 19.6 Å². The number of likely N-dealkylation sites (tertiary alicyclic amines) is 1. The zero-order valence-electron chi connectivity index (χ0n) is 17.3. The molecule has 4 nitrogen and oxygen atoms in total. The first kappa shape index (κ1) is 19.4. The summed E-state index contributed by atoms with van der Waals surface area (Å²) in [5, 5.41) is 0. The van der Waals surface area contributed by atoms with Crippen LogP contribution in [-0.4, -0.2) is 41.2 Å². The van der Waals surface area contributed by atoms with Crippen molar-refractivity contribution < 1.29 is 9.59 Å². The molecule has 2 amide bonds. The molecule has 2 aromatic rings. The maximum absolute atomic E-state index is 13.4. The minimum atomic E-state index is -0.154. The number of amides is 2. The number of carbonyl (C=O) groups excluding carboxylic acids is 2. The number of aryl methyl sites for hydroxylation is 2. The highest BCUT2D eigenvalue weighted by atomic mass is 16.2. The Morgan fingerprint density at radius 2 is 1.59 bits per heavy atom. The molecule has 0 radical (unpaired) electrons. The monoisotopic (exact) mass is 388 g/mol. The van der Waals surface area contributed by atoms with Gasteiger partial charge in [-0.1, -0.05) is 54.1 Å². The Labute approximate surface area is 172 Å². The molecule has 1 fully saturated rings. The van der Waals surface area contributed by atoms with Gasteiger partial charge in [-0.25, -0.2) is 0 Å². The first-order chi connectivity index (χ1) is 14.1. The third-order valence-electron chi connectivity index (χ3n) is 5.93. The number of carbonyl (C=O) groups is 2. The molecule has 2 aromatic carbocycles. The van der Waals surface area contributed by atoms with Gasteiger partial charge in [0.25, 0.3) is 11.8 Å². The standard InChI is InChI=1S/C25H28N2O2/c1-18-11-12-21(19(2)17-18)22-23(26-14-7-4-8-15-26)25(29)27(24(22)28)16-13-20-9-5-3-6-10-20/h3,5-6,9-12,17H,4,7-8,13-16H2,1-2H3. The maximum atomic E-state index is 13.4. The van der Waals surface area contributed by atoms with Crippen LogP contribution in [0.5, 0.6) is 0 Å². The van der Waals surface area contributed by atoms with Crippen molar-refractivity contribution in [3.8, 4) is 0 Å². The predicted octanol–water partition coefficient (Wildman–Crippen LogP) is 4.11. The Kier molecular flexibility index (Phi) is 5.52. The van der Waals surface area contributed by atoms with E-state index >= 15 is 0 Å². The third-order valence-corrected chi connectivity index (χ3v) is 5.93. The molecule has 2 aliphatic rings. The lowest BCUT2D eigenvalue weighted by Gasteiger charge is -2.29. The van der Waals surface area contributed by atoms with Crippen LogP contribution in [0.25, 0.3) is 5.57 Å². The zero-order chi connectivity index (χ0) is 20.4. The van der Waals surface area contributed by atoms with Gasteiger partial charge in [0.05, 0.1) is 5.57 Å². The van der Waals surface area contributed by atoms with Crippen LogP contribution >= 0.6 is 0 Å². The summed E-state index contributed by atoms with van der Waals surface area (Å²) in [4.78, 5) is 30.4. The molecule has 2 aliphatic heterocycles. The highest BCUT2D eigenvalue weighted by Crippen LogP contribution is 2.34. The minimum absolute atomic E-state index is 0.136. The van der Waals surface area contributed by atoms with Gasteiger partial charge >= 0.3 is 0 Å². The number of hydrogen-bond acceptors (Lipinski definition) is 3. The first-order valence-corrected chi connectivity index (χ1v) is 10.5. The van der Waals surface area contributed by atoms with E-state index in [0.29, 0.717) is 24.2 Å². The van der Waals surface area contributed by atoms with Gasteiger partial charge in [0, 0.05) is 19.6 Å². The van der Waals surface area contributed by atoms with Crippen molar-refractivity contribution in [1.29, 1.82) is 0 Å². The molecule has 0 N–H and O–H groups in total. The lowest BCUT2D eigenvalue weighted by atomic mass is 9.97. The fourth-order valence-electron chi connectivity index (χ4n) is 4.40. The van der Waals surface area contributed by atoms with Gasteiger partial charge < -0.3 is 4.90 Å². The number of benzene rings is 2. The summed E-state index contributed by atoms with van der Waals surface area (Å²) in [6.45, 7) is 6.16. The fourth-order valence-corrected chi connectivity index (χ4v) is 4.40. The Hall–Kier alpha value is -2.88. The van der Waals surface area contributed by atoms with Crippen molar-refractivity contribution in [1.82, 2.24) is 9.80 Å². The highest BCUT2D eigenvalue weighted by molar-refractivity contribution is 6.35. The van der Waals surface area contributed by atoms with E-state index in [4.69, 9.17) is 0 Å². The predicted molar refractivity (Wildman–Crippen MR) is 115 cm³/mol. The van der Waals surface area contributed by atoms with Crippen molar-refractivity contribution in [2.24, 2.45) is 0 Å². The number of imide groups is 1. The van der Waals surface area contributed by atoms with E-state index < -0.39 is 0 Å². The highest BCUT2D eigenvalue weighted by Gasteiger charge is 2.41. The molecule has 1 saturated heterocycles. The van der Waals surface area contributed by atoms with E-state index in [1.54, 1.807) is 0 Å². The average Bonchev–Trinajstić information content (AvgIpc) is 2.98. The van der Waals surface area contributed by atoms with Crippen LogP contribution in [0.3, 0.4) is 0 Å². The van der Waals surface area contributed by atoms with Gasteiger partial charge in [-0.15, -0.1) is 0 Å².